The van der Waals surface area contributed by atoms with E-state index in [0.717, 1.165) is 15.2 Å². The van der Waals surface area contributed by atoms with Gasteiger partial charge in [-0.3, -0.25) is 4.79 Å². The van der Waals surface area contributed by atoms with Crippen LogP contribution in [0, 0.1) is 5.82 Å². The van der Waals surface area contributed by atoms with Crippen LogP contribution in [0.15, 0.2) is 46.9 Å². The second-order valence-electron chi connectivity index (χ2n) is 5.60. The van der Waals surface area contributed by atoms with E-state index in [9.17, 15) is 9.18 Å². The lowest BCUT2D eigenvalue weighted by atomic mass is 10.3. The van der Waals surface area contributed by atoms with Crippen molar-refractivity contribution in [3.63, 3.8) is 0 Å². The molecule has 3 aromatic rings. The lowest BCUT2D eigenvalue weighted by Gasteiger charge is -2.21. The smallest absolute Gasteiger partial charge is 0.263 e. The van der Waals surface area contributed by atoms with E-state index in [4.69, 9.17) is 4.74 Å². The van der Waals surface area contributed by atoms with Crippen molar-refractivity contribution >= 4 is 43.4 Å². The van der Waals surface area contributed by atoms with Crippen molar-refractivity contribution in [3.05, 3.63) is 57.8 Å². The number of rotatable bonds is 5. The molecule has 4 nitrogen and oxygen atoms in total. The first-order valence-electron chi connectivity index (χ1n) is 7.65. The van der Waals surface area contributed by atoms with E-state index in [-0.39, 0.29) is 11.7 Å². The third-order valence-electron chi connectivity index (χ3n) is 3.63. The first-order valence-corrected chi connectivity index (χ1v) is 9.26. The molecule has 7 heteroatoms. The molecule has 130 valence electrons. The van der Waals surface area contributed by atoms with Gasteiger partial charge in [0.1, 0.15) is 16.6 Å². The van der Waals surface area contributed by atoms with Gasteiger partial charge in [0.2, 0.25) is 0 Å². The van der Waals surface area contributed by atoms with Gasteiger partial charge in [0, 0.05) is 7.05 Å². The maximum absolute atomic E-state index is 13.1. The molecular weight excluding hydrogens is 407 g/mol. The maximum atomic E-state index is 13.1. The molecule has 25 heavy (non-hydrogen) atoms. The molecule has 1 amide bonds. The number of nitrogens with zero attached hydrogens (tertiary/aromatic N) is 2. The number of hydrogen-bond donors (Lipinski definition) is 0. The number of halogens is 2. The van der Waals surface area contributed by atoms with Crippen molar-refractivity contribution in [2.24, 2.45) is 0 Å². The Kier molecular flexibility index (Phi) is 5.34. The molecule has 0 aliphatic heterocycles. The number of thiazole rings is 1. The zero-order valence-corrected chi connectivity index (χ0v) is 16.1. The number of likely N-dealkylation sites (N-methyl/N-ethyl adjacent to an activating group) is 1. The van der Waals surface area contributed by atoms with Gasteiger partial charge in [0.15, 0.2) is 6.10 Å². The standard InChI is InChI=1S/C18H16BrFN2O2S/c1-11(24-15-8-7-12(20)9-13(15)19)18(23)22(2)10-17-21-14-5-3-4-6-16(14)25-17/h3-9,11H,10H2,1-2H3. The van der Waals surface area contributed by atoms with Crippen molar-refractivity contribution in [1.29, 1.82) is 0 Å². The third kappa shape index (κ3) is 4.16. The number of carbonyl (C=O) groups is 1. The fourth-order valence-electron chi connectivity index (χ4n) is 2.39. The molecule has 0 aliphatic rings. The Morgan fingerprint density at radius 3 is 2.84 bits per heavy atom. The van der Waals surface area contributed by atoms with Crippen molar-refractivity contribution in [1.82, 2.24) is 9.88 Å². The van der Waals surface area contributed by atoms with Crippen LogP contribution < -0.4 is 4.74 Å². The molecule has 0 aliphatic carbocycles. The van der Waals surface area contributed by atoms with E-state index in [1.54, 1.807) is 30.2 Å². The number of para-hydroxylation sites is 1. The van der Waals surface area contributed by atoms with Crippen LogP contribution in [0.1, 0.15) is 11.9 Å². The first-order chi connectivity index (χ1) is 11.9. The summed E-state index contributed by atoms with van der Waals surface area (Å²) in [7, 11) is 1.72. The molecule has 0 spiro atoms. The summed E-state index contributed by atoms with van der Waals surface area (Å²) in [4.78, 5) is 18.7. The predicted molar refractivity (Wildman–Crippen MR) is 100 cm³/mol. The monoisotopic (exact) mass is 422 g/mol. The highest BCUT2D eigenvalue weighted by atomic mass is 79.9. The number of fused-ring (bicyclic) bond motifs is 1. The van der Waals surface area contributed by atoms with E-state index < -0.39 is 6.10 Å². The summed E-state index contributed by atoms with van der Waals surface area (Å²) >= 11 is 4.80. The van der Waals surface area contributed by atoms with Gasteiger partial charge in [0.05, 0.1) is 21.2 Å². The largest absolute Gasteiger partial charge is 0.480 e. The highest BCUT2D eigenvalue weighted by Gasteiger charge is 2.21. The zero-order valence-electron chi connectivity index (χ0n) is 13.7. The molecule has 0 saturated heterocycles. The normalized spacial score (nSPS) is 12.2. The minimum absolute atomic E-state index is 0.171. The Hall–Kier alpha value is -1.99. The molecule has 1 aromatic heterocycles. The minimum atomic E-state index is -0.693. The van der Waals surface area contributed by atoms with E-state index >= 15 is 0 Å². The van der Waals surface area contributed by atoms with Crippen LogP contribution in [0.2, 0.25) is 0 Å². The SMILES string of the molecule is CC(Oc1ccc(F)cc1Br)C(=O)N(C)Cc1nc2ccccc2s1. The van der Waals surface area contributed by atoms with E-state index in [1.165, 1.54) is 18.2 Å². The summed E-state index contributed by atoms with van der Waals surface area (Å²) < 4.78 is 20.4. The fourth-order valence-corrected chi connectivity index (χ4v) is 3.86. The molecule has 3 rings (SSSR count). The summed E-state index contributed by atoms with van der Waals surface area (Å²) in [5.74, 6) is -0.114. The van der Waals surface area contributed by atoms with Gasteiger partial charge in [-0.1, -0.05) is 12.1 Å². The molecule has 0 radical (unpaired) electrons. The number of benzene rings is 2. The van der Waals surface area contributed by atoms with E-state index in [1.807, 2.05) is 24.3 Å². The van der Waals surface area contributed by atoms with Crippen LogP contribution in [-0.4, -0.2) is 28.9 Å². The average molecular weight is 423 g/mol. The number of carbonyl (C=O) groups excluding carboxylic acids is 1. The molecule has 1 heterocycles. The van der Waals surface area contributed by atoms with Crippen LogP contribution in [0.4, 0.5) is 4.39 Å². The van der Waals surface area contributed by atoms with Gasteiger partial charge in [-0.05, 0) is 53.2 Å². The summed E-state index contributed by atoms with van der Waals surface area (Å²) in [6.45, 7) is 2.09. The summed E-state index contributed by atoms with van der Waals surface area (Å²) in [6, 6.07) is 12.0. The Morgan fingerprint density at radius 1 is 1.36 bits per heavy atom. The van der Waals surface area contributed by atoms with Gasteiger partial charge in [-0.2, -0.15) is 0 Å². The van der Waals surface area contributed by atoms with Crippen LogP contribution in [0.25, 0.3) is 10.2 Å². The highest BCUT2D eigenvalue weighted by Crippen LogP contribution is 2.27. The second kappa shape index (κ2) is 7.49. The molecule has 1 atom stereocenters. The van der Waals surface area contributed by atoms with Crippen molar-refractivity contribution < 1.29 is 13.9 Å². The Morgan fingerprint density at radius 2 is 2.12 bits per heavy atom. The quantitative estimate of drug-likeness (QED) is 0.601. The maximum Gasteiger partial charge on any atom is 0.263 e. The summed E-state index contributed by atoms with van der Waals surface area (Å²) in [6.07, 6.45) is -0.693. The van der Waals surface area contributed by atoms with Gasteiger partial charge >= 0.3 is 0 Å². The lowest BCUT2D eigenvalue weighted by Crippen LogP contribution is -2.37. The molecule has 0 bridgehead atoms. The average Bonchev–Trinajstić information content (AvgIpc) is 2.98. The molecule has 0 N–H and O–H groups in total. The molecule has 1 unspecified atom stereocenters. The molecule has 0 fully saturated rings. The van der Waals surface area contributed by atoms with Gasteiger partial charge in [-0.15, -0.1) is 11.3 Å². The number of ether oxygens (including phenoxy) is 1. The molecule has 0 saturated carbocycles. The van der Waals surface area contributed by atoms with Crippen molar-refractivity contribution in [3.8, 4) is 5.75 Å². The summed E-state index contributed by atoms with van der Waals surface area (Å²) in [5.41, 5.74) is 0.933. The van der Waals surface area contributed by atoms with Crippen LogP contribution >= 0.6 is 27.3 Å². The third-order valence-corrected chi connectivity index (χ3v) is 5.27. The predicted octanol–water partition coefficient (Wildman–Crippen LogP) is 4.62. The molecule has 2 aromatic carbocycles. The topological polar surface area (TPSA) is 42.4 Å². The van der Waals surface area contributed by atoms with Crippen LogP contribution in [0.5, 0.6) is 5.75 Å². The number of amides is 1. The first kappa shape index (κ1) is 17.8. The summed E-state index contributed by atoms with van der Waals surface area (Å²) in [5, 5.41) is 0.868. The Balaban J connectivity index is 1.66. The van der Waals surface area contributed by atoms with Crippen molar-refractivity contribution in [2.45, 2.75) is 19.6 Å². The number of aromatic nitrogens is 1. The second-order valence-corrected chi connectivity index (χ2v) is 7.57. The molecular formula is C18H16BrFN2O2S. The highest BCUT2D eigenvalue weighted by molar-refractivity contribution is 9.10. The fraction of sp³-hybridized carbons (Fsp3) is 0.222. The van der Waals surface area contributed by atoms with Gasteiger partial charge in [-0.25, -0.2) is 9.37 Å². The van der Waals surface area contributed by atoms with Gasteiger partial charge < -0.3 is 9.64 Å². The van der Waals surface area contributed by atoms with Crippen LogP contribution in [-0.2, 0) is 11.3 Å². The van der Waals surface area contributed by atoms with Crippen LogP contribution in [0.3, 0.4) is 0 Å². The van der Waals surface area contributed by atoms with E-state index in [2.05, 4.69) is 20.9 Å². The minimum Gasteiger partial charge on any atom is -0.480 e. The van der Waals surface area contributed by atoms with Crippen molar-refractivity contribution in [2.75, 3.05) is 7.05 Å². The lowest BCUT2D eigenvalue weighted by molar-refractivity contribution is -0.137. The zero-order chi connectivity index (χ0) is 18.0. The van der Waals surface area contributed by atoms with E-state index in [0.29, 0.717) is 16.8 Å². The Bertz CT molecular complexity index is 882. The Labute approximate surface area is 157 Å². The number of hydrogen-bond acceptors (Lipinski definition) is 4. The van der Waals surface area contributed by atoms with Gasteiger partial charge in [0.25, 0.3) is 5.91 Å².